The van der Waals surface area contributed by atoms with E-state index in [0.717, 1.165) is 25.6 Å². The van der Waals surface area contributed by atoms with E-state index in [-0.39, 0.29) is 0 Å². The zero-order valence-electron chi connectivity index (χ0n) is 8.52. The summed E-state index contributed by atoms with van der Waals surface area (Å²) < 4.78 is 5.32. The Hall–Kier alpha value is -0.0800. The zero-order chi connectivity index (χ0) is 9.03. The summed E-state index contributed by atoms with van der Waals surface area (Å²) in [6.07, 6.45) is 2.50. The Kier molecular flexibility index (Phi) is 3.53. The van der Waals surface area contributed by atoms with Crippen LogP contribution in [0.15, 0.2) is 0 Å². The van der Waals surface area contributed by atoms with Crippen LogP contribution in [0.25, 0.3) is 0 Å². The van der Waals surface area contributed by atoms with Gasteiger partial charge in [0.2, 0.25) is 0 Å². The van der Waals surface area contributed by atoms with Gasteiger partial charge in [0, 0.05) is 7.11 Å². The van der Waals surface area contributed by atoms with Crippen LogP contribution >= 0.6 is 0 Å². The molecule has 0 spiro atoms. The summed E-state index contributed by atoms with van der Waals surface area (Å²) in [7, 11) is 1.81. The topological polar surface area (TPSA) is 21.3 Å². The van der Waals surface area contributed by atoms with E-state index in [4.69, 9.17) is 4.74 Å². The number of hydrogen-bond acceptors (Lipinski definition) is 2. The van der Waals surface area contributed by atoms with Crippen LogP contribution in [0.4, 0.5) is 0 Å². The SMILES string of the molecule is CCC1(COC)CCNCC1C. The third kappa shape index (κ3) is 1.80. The summed E-state index contributed by atoms with van der Waals surface area (Å²) in [5, 5.41) is 3.43. The van der Waals surface area contributed by atoms with Gasteiger partial charge in [0.05, 0.1) is 6.61 Å². The molecule has 0 bridgehead atoms. The van der Waals surface area contributed by atoms with E-state index < -0.39 is 0 Å². The molecule has 0 aliphatic carbocycles. The number of methoxy groups -OCH3 is 1. The van der Waals surface area contributed by atoms with Gasteiger partial charge in [0.25, 0.3) is 0 Å². The maximum atomic E-state index is 5.32. The van der Waals surface area contributed by atoms with E-state index in [2.05, 4.69) is 19.2 Å². The van der Waals surface area contributed by atoms with Gasteiger partial charge in [-0.05, 0) is 37.3 Å². The van der Waals surface area contributed by atoms with Crippen molar-refractivity contribution >= 4 is 0 Å². The van der Waals surface area contributed by atoms with Crippen molar-refractivity contribution < 1.29 is 4.74 Å². The molecule has 1 N–H and O–H groups in total. The van der Waals surface area contributed by atoms with E-state index >= 15 is 0 Å². The lowest BCUT2D eigenvalue weighted by molar-refractivity contribution is 0.0122. The summed E-state index contributed by atoms with van der Waals surface area (Å²) in [6.45, 7) is 7.83. The average molecular weight is 171 g/mol. The molecule has 0 aromatic rings. The van der Waals surface area contributed by atoms with Gasteiger partial charge in [-0.15, -0.1) is 0 Å². The van der Waals surface area contributed by atoms with Gasteiger partial charge in [0.15, 0.2) is 0 Å². The second-order valence-corrected chi connectivity index (χ2v) is 4.00. The summed E-state index contributed by atoms with van der Waals surface area (Å²) in [6, 6.07) is 0. The molecule has 1 fully saturated rings. The van der Waals surface area contributed by atoms with Gasteiger partial charge < -0.3 is 10.1 Å². The number of ether oxygens (including phenoxy) is 1. The molecule has 2 unspecified atom stereocenters. The van der Waals surface area contributed by atoms with Crippen LogP contribution in [-0.2, 0) is 4.74 Å². The molecular formula is C10H21NO. The molecule has 0 aromatic carbocycles. The first kappa shape index (κ1) is 10.0. The first-order valence-corrected chi connectivity index (χ1v) is 4.95. The molecule has 1 aliphatic rings. The Morgan fingerprint density at radius 3 is 2.83 bits per heavy atom. The Labute approximate surface area is 75.7 Å². The molecule has 12 heavy (non-hydrogen) atoms. The highest BCUT2D eigenvalue weighted by molar-refractivity contribution is 4.88. The largest absolute Gasteiger partial charge is 0.384 e. The summed E-state index contributed by atoms with van der Waals surface area (Å²) in [4.78, 5) is 0. The summed E-state index contributed by atoms with van der Waals surface area (Å²) >= 11 is 0. The number of hydrogen-bond donors (Lipinski definition) is 1. The van der Waals surface area contributed by atoms with Crippen molar-refractivity contribution in [2.24, 2.45) is 11.3 Å². The molecule has 2 nitrogen and oxygen atoms in total. The van der Waals surface area contributed by atoms with Gasteiger partial charge in [0.1, 0.15) is 0 Å². The highest BCUT2D eigenvalue weighted by Crippen LogP contribution is 2.37. The highest BCUT2D eigenvalue weighted by Gasteiger charge is 2.36. The molecule has 0 amide bonds. The monoisotopic (exact) mass is 171 g/mol. The van der Waals surface area contributed by atoms with Crippen molar-refractivity contribution in [2.45, 2.75) is 26.7 Å². The second kappa shape index (κ2) is 4.24. The van der Waals surface area contributed by atoms with Crippen LogP contribution in [0.2, 0.25) is 0 Å². The molecule has 72 valence electrons. The lowest BCUT2D eigenvalue weighted by Crippen LogP contribution is -2.46. The number of nitrogens with one attached hydrogen (secondary N) is 1. The van der Waals surface area contributed by atoms with Crippen LogP contribution in [-0.4, -0.2) is 26.8 Å². The van der Waals surface area contributed by atoms with Crippen LogP contribution in [0.5, 0.6) is 0 Å². The van der Waals surface area contributed by atoms with E-state index in [1.807, 2.05) is 7.11 Å². The van der Waals surface area contributed by atoms with Crippen molar-refractivity contribution in [1.82, 2.24) is 5.32 Å². The standard InChI is InChI=1S/C10H21NO/c1-4-10(8-12-3)5-6-11-7-9(10)2/h9,11H,4-8H2,1-3H3. The molecule has 0 saturated carbocycles. The lowest BCUT2D eigenvalue weighted by atomic mass is 9.70. The van der Waals surface area contributed by atoms with Crippen molar-refractivity contribution in [2.75, 3.05) is 26.8 Å². The van der Waals surface area contributed by atoms with Crippen LogP contribution in [0, 0.1) is 11.3 Å². The van der Waals surface area contributed by atoms with E-state index in [0.29, 0.717) is 5.41 Å². The Bertz CT molecular complexity index is 134. The van der Waals surface area contributed by atoms with Gasteiger partial charge >= 0.3 is 0 Å². The Balaban J connectivity index is 2.60. The van der Waals surface area contributed by atoms with Crippen molar-refractivity contribution in [3.63, 3.8) is 0 Å². The fourth-order valence-corrected chi connectivity index (χ4v) is 2.25. The fraction of sp³-hybridized carbons (Fsp3) is 1.00. The van der Waals surface area contributed by atoms with Gasteiger partial charge in [-0.3, -0.25) is 0 Å². The molecule has 1 rings (SSSR count). The first-order valence-electron chi connectivity index (χ1n) is 4.95. The molecule has 0 radical (unpaired) electrons. The Morgan fingerprint density at radius 1 is 1.58 bits per heavy atom. The number of piperidine rings is 1. The van der Waals surface area contributed by atoms with Crippen molar-refractivity contribution in [1.29, 1.82) is 0 Å². The molecule has 0 aromatic heterocycles. The lowest BCUT2D eigenvalue weighted by Gasteiger charge is -2.42. The van der Waals surface area contributed by atoms with Crippen LogP contribution in [0.3, 0.4) is 0 Å². The average Bonchev–Trinajstić information content (AvgIpc) is 2.10. The molecule has 1 aliphatic heterocycles. The maximum Gasteiger partial charge on any atom is 0.0522 e. The van der Waals surface area contributed by atoms with E-state index in [1.54, 1.807) is 0 Å². The van der Waals surface area contributed by atoms with E-state index in [1.165, 1.54) is 12.8 Å². The van der Waals surface area contributed by atoms with Gasteiger partial charge in [-0.1, -0.05) is 13.8 Å². The van der Waals surface area contributed by atoms with Gasteiger partial charge in [-0.25, -0.2) is 0 Å². The predicted octanol–water partition coefficient (Wildman–Crippen LogP) is 1.66. The molecule has 2 atom stereocenters. The van der Waals surface area contributed by atoms with Crippen molar-refractivity contribution in [3.8, 4) is 0 Å². The van der Waals surface area contributed by atoms with Crippen molar-refractivity contribution in [3.05, 3.63) is 0 Å². The molecular weight excluding hydrogens is 150 g/mol. The first-order chi connectivity index (χ1) is 5.75. The predicted molar refractivity (Wildman–Crippen MR) is 51.3 cm³/mol. The van der Waals surface area contributed by atoms with E-state index in [9.17, 15) is 0 Å². The quantitative estimate of drug-likeness (QED) is 0.697. The fourth-order valence-electron chi connectivity index (χ4n) is 2.25. The Morgan fingerprint density at radius 2 is 2.33 bits per heavy atom. The smallest absolute Gasteiger partial charge is 0.0522 e. The maximum absolute atomic E-state index is 5.32. The zero-order valence-corrected chi connectivity index (χ0v) is 8.52. The highest BCUT2D eigenvalue weighted by atomic mass is 16.5. The third-order valence-electron chi connectivity index (χ3n) is 3.43. The second-order valence-electron chi connectivity index (χ2n) is 4.00. The number of rotatable bonds is 3. The minimum atomic E-state index is 0.444. The third-order valence-corrected chi connectivity index (χ3v) is 3.43. The summed E-state index contributed by atoms with van der Waals surface area (Å²) in [5.74, 6) is 0.746. The van der Waals surface area contributed by atoms with Gasteiger partial charge in [-0.2, -0.15) is 0 Å². The van der Waals surface area contributed by atoms with Crippen LogP contribution < -0.4 is 5.32 Å². The van der Waals surface area contributed by atoms with Crippen LogP contribution in [0.1, 0.15) is 26.7 Å². The minimum Gasteiger partial charge on any atom is -0.384 e. The normalized spacial score (nSPS) is 36.8. The minimum absolute atomic E-state index is 0.444. The molecule has 1 saturated heterocycles. The summed E-state index contributed by atoms with van der Waals surface area (Å²) in [5.41, 5.74) is 0.444. The molecule has 1 heterocycles. The molecule has 2 heteroatoms.